The third-order valence-corrected chi connectivity index (χ3v) is 5.39. The van der Waals surface area contributed by atoms with E-state index in [0.717, 1.165) is 18.5 Å². The van der Waals surface area contributed by atoms with Gasteiger partial charge in [0, 0.05) is 5.41 Å². The number of allylic oxidation sites excluding steroid dienone is 6. The Balaban J connectivity index is 2.63. The number of rotatable bonds is 9. The standard InChI is InChI=1S/C21H33N/c1-8-11-12-13-15-19(10-3)16-22-21(7)18(5)20(21,6)17(4)14-9-2/h8-9,11-14,19,22H,4-5,10,15-16H2,1-3,6-7H3/b11-8-,13-12-,14-9-. The van der Waals surface area contributed by atoms with Crippen molar-refractivity contribution >= 4 is 0 Å². The molecule has 122 valence electrons. The molecule has 1 aliphatic rings. The monoisotopic (exact) mass is 299 g/mol. The summed E-state index contributed by atoms with van der Waals surface area (Å²) in [4.78, 5) is 0. The molecule has 1 N–H and O–H groups in total. The number of hydrogen-bond acceptors (Lipinski definition) is 1. The van der Waals surface area contributed by atoms with E-state index in [0.29, 0.717) is 5.92 Å². The molecule has 1 nitrogen and oxygen atoms in total. The zero-order valence-corrected chi connectivity index (χ0v) is 15.1. The van der Waals surface area contributed by atoms with Gasteiger partial charge in [-0.3, -0.25) is 0 Å². The fourth-order valence-electron chi connectivity index (χ4n) is 3.15. The Hall–Kier alpha value is -1.34. The largest absolute Gasteiger partial charge is 0.307 e. The van der Waals surface area contributed by atoms with E-state index in [1.54, 1.807) is 0 Å². The van der Waals surface area contributed by atoms with Gasteiger partial charge in [-0.25, -0.2) is 0 Å². The van der Waals surface area contributed by atoms with Gasteiger partial charge in [-0.05, 0) is 57.7 Å². The van der Waals surface area contributed by atoms with Crippen LogP contribution in [-0.4, -0.2) is 12.1 Å². The second-order valence-electron chi connectivity index (χ2n) is 6.60. The lowest BCUT2D eigenvalue weighted by Gasteiger charge is -2.23. The fourth-order valence-corrected chi connectivity index (χ4v) is 3.15. The fraction of sp³-hybridized carbons (Fsp3) is 0.524. The van der Waals surface area contributed by atoms with Crippen molar-refractivity contribution in [3.05, 3.63) is 60.8 Å². The van der Waals surface area contributed by atoms with Crippen LogP contribution in [0, 0.1) is 11.3 Å². The van der Waals surface area contributed by atoms with E-state index in [-0.39, 0.29) is 11.0 Å². The summed E-state index contributed by atoms with van der Waals surface area (Å²) in [5.74, 6) is 0.658. The first-order valence-corrected chi connectivity index (χ1v) is 8.43. The number of hydrogen-bond donors (Lipinski definition) is 1. The van der Waals surface area contributed by atoms with Crippen LogP contribution >= 0.6 is 0 Å². The van der Waals surface area contributed by atoms with E-state index in [4.69, 9.17) is 0 Å². The van der Waals surface area contributed by atoms with Crippen LogP contribution in [0.5, 0.6) is 0 Å². The first kappa shape index (κ1) is 18.7. The van der Waals surface area contributed by atoms with Crippen LogP contribution in [0.3, 0.4) is 0 Å². The highest BCUT2D eigenvalue weighted by Crippen LogP contribution is 2.64. The van der Waals surface area contributed by atoms with Gasteiger partial charge in [0.15, 0.2) is 0 Å². The van der Waals surface area contributed by atoms with Gasteiger partial charge in [-0.15, -0.1) is 0 Å². The van der Waals surface area contributed by atoms with Gasteiger partial charge in [-0.1, -0.05) is 63.0 Å². The van der Waals surface area contributed by atoms with Gasteiger partial charge in [0.2, 0.25) is 0 Å². The Bertz CT molecular complexity index is 494. The smallest absolute Gasteiger partial charge is 0.0505 e. The molecule has 3 atom stereocenters. The van der Waals surface area contributed by atoms with Crippen molar-refractivity contribution in [3.63, 3.8) is 0 Å². The van der Waals surface area contributed by atoms with Crippen molar-refractivity contribution in [2.24, 2.45) is 11.3 Å². The minimum Gasteiger partial charge on any atom is -0.307 e. The minimum atomic E-state index is -0.0238. The maximum absolute atomic E-state index is 4.29. The van der Waals surface area contributed by atoms with Gasteiger partial charge in [0.05, 0.1) is 5.54 Å². The van der Waals surface area contributed by atoms with Crippen molar-refractivity contribution in [3.8, 4) is 0 Å². The highest BCUT2D eigenvalue weighted by Gasteiger charge is 2.65. The minimum absolute atomic E-state index is 0.0153. The Labute approximate surface area is 137 Å². The summed E-state index contributed by atoms with van der Waals surface area (Å²) in [7, 11) is 0. The normalized spacial score (nSPS) is 29.8. The highest BCUT2D eigenvalue weighted by atomic mass is 15.1. The molecule has 0 spiro atoms. The van der Waals surface area contributed by atoms with E-state index < -0.39 is 0 Å². The molecule has 0 heterocycles. The van der Waals surface area contributed by atoms with Gasteiger partial charge >= 0.3 is 0 Å². The first-order chi connectivity index (χ1) is 10.4. The highest BCUT2D eigenvalue weighted by molar-refractivity contribution is 5.58. The molecule has 0 aromatic rings. The summed E-state index contributed by atoms with van der Waals surface area (Å²) in [6, 6.07) is 0. The maximum atomic E-state index is 4.29. The zero-order valence-electron chi connectivity index (χ0n) is 15.1. The molecule has 0 aromatic heterocycles. The Morgan fingerprint density at radius 1 is 1.23 bits per heavy atom. The molecule has 0 aliphatic heterocycles. The molecule has 0 amide bonds. The molecule has 1 fully saturated rings. The molecular weight excluding hydrogens is 266 g/mol. The molecule has 1 heteroatoms. The summed E-state index contributed by atoms with van der Waals surface area (Å²) < 4.78 is 0. The molecule has 0 saturated heterocycles. The molecule has 3 unspecified atom stereocenters. The van der Waals surface area contributed by atoms with Crippen molar-refractivity contribution in [1.29, 1.82) is 0 Å². The molecule has 1 rings (SSSR count). The van der Waals surface area contributed by atoms with Crippen LogP contribution in [0.15, 0.2) is 60.8 Å². The topological polar surface area (TPSA) is 12.0 Å². The molecule has 0 bridgehead atoms. The van der Waals surface area contributed by atoms with E-state index in [9.17, 15) is 0 Å². The summed E-state index contributed by atoms with van der Waals surface area (Å²) in [5, 5.41) is 3.76. The predicted octanol–water partition coefficient (Wildman–Crippen LogP) is 5.59. The van der Waals surface area contributed by atoms with Crippen LogP contribution in [0.25, 0.3) is 0 Å². The molecular formula is C21H33N. The second kappa shape index (κ2) is 7.78. The van der Waals surface area contributed by atoms with Crippen molar-refractivity contribution in [2.45, 2.75) is 53.0 Å². The lowest BCUT2D eigenvalue weighted by Crippen LogP contribution is -2.37. The van der Waals surface area contributed by atoms with E-state index in [2.05, 4.69) is 75.7 Å². The van der Waals surface area contributed by atoms with E-state index in [1.807, 2.05) is 13.8 Å². The van der Waals surface area contributed by atoms with E-state index in [1.165, 1.54) is 12.0 Å². The van der Waals surface area contributed by atoms with Crippen LogP contribution in [-0.2, 0) is 0 Å². The van der Waals surface area contributed by atoms with Crippen LogP contribution in [0.2, 0.25) is 0 Å². The third-order valence-electron chi connectivity index (χ3n) is 5.39. The summed E-state index contributed by atoms with van der Waals surface area (Å²) in [6.45, 7) is 20.4. The van der Waals surface area contributed by atoms with E-state index >= 15 is 0 Å². The Kier molecular flexibility index (Phi) is 6.62. The van der Waals surface area contributed by atoms with Crippen molar-refractivity contribution in [1.82, 2.24) is 5.32 Å². The van der Waals surface area contributed by atoms with Gasteiger partial charge < -0.3 is 5.32 Å². The Morgan fingerprint density at radius 3 is 2.45 bits per heavy atom. The average molecular weight is 300 g/mol. The summed E-state index contributed by atoms with van der Waals surface area (Å²) in [6.07, 6.45) is 15.0. The molecule has 1 saturated carbocycles. The lowest BCUT2D eigenvalue weighted by molar-refractivity contribution is 0.386. The van der Waals surface area contributed by atoms with Crippen molar-refractivity contribution < 1.29 is 0 Å². The zero-order chi connectivity index (χ0) is 16.8. The van der Waals surface area contributed by atoms with Gasteiger partial charge in [0.1, 0.15) is 0 Å². The SMILES string of the molecule is C=C(/C=C\C)C1(C)C(=C)C1(C)NCC(CC)C/C=C\C=C/C. The lowest BCUT2D eigenvalue weighted by atomic mass is 9.92. The molecule has 22 heavy (non-hydrogen) atoms. The quantitative estimate of drug-likeness (QED) is 0.432. The number of nitrogens with one attached hydrogen (secondary N) is 1. The first-order valence-electron chi connectivity index (χ1n) is 8.43. The molecule has 0 aromatic carbocycles. The van der Waals surface area contributed by atoms with Crippen molar-refractivity contribution in [2.75, 3.05) is 6.54 Å². The third kappa shape index (κ3) is 3.52. The van der Waals surface area contributed by atoms with Gasteiger partial charge in [0.25, 0.3) is 0 Å². The van der Waals surface area contributed by atoms with Gasteiger partial charge in [-0.2, -0.15) is 0 Å². The molecule has 0 radical (unpaired) electrons. The van der Waals surface area contributed by atoms with Crippen LogP contribution in [0.4, 0.5) is 0 Å². The summed E-state index contributed by atoms with van der Waals surface area (Å²) in [5.41, 5.74) is 2.36. The van der Waals surface area contributed by atoms with Crippen LogP contribution < -0.4 is 5.32 Å². The van der Waals surface area contributed by atoms with Crippen LogP contribution in [0.1, 0.15) is 47.5 Å². The predicted molar refractivity (Wildman–Crippen MR) is 100.0 cm³/mol. The Morgan fingerprint density at radius 2 is 1.91 bits per heavy atom. The molecule has 1 aliphatic carbocycles. The second-order valence-corrected chi connectivity index (χ2v) is 6.60. The average Bonchev–Trinajstić information content (AvgIpc) is 2.94. The summed E-state index contributed by atoms with van der Waals surface area (Å²) >= 11 is 0. The maximum Gasteiger partial charge on any atom is 0.0505 e.